The van der Waals surface area contributed by atoms with E-state index in [-0.39, 0.29) is 0 Å². The van der Waals surface area contributed by atoms with Crippen LogP contribution in [0.2, 0.25) is 0 Å². The quantitative estimate of drug-likeness (QED) is 0.481. The maximum Gasteiger partial charge on any atom is 0.243 e. The van der Waals surface area contributed by atoms with Crippen molar-refractivity contribution < 1.29 is 4.57 Å². The summed E-state index contributed by atoms with van der Waals surface area (Å²) in [6.07, 6.45) is 5.85. The minimum absolute atomic E-state index is 1.14. The molecule has 0 fully saturated rings. The zero-order chi connectivity index (χ0) is 6.85. The highest BCUT2D eigenvalue weighted by molar-refractivity contribution is 5.38. The Morgan fingerprint density at radius 2 is 2.44 bits per heavy atom. The minimum Gasteiger partial charge on any atom is -0.239 e. The van der Waals surface area contributed by atoms with Crippen LogP contribution in [0.1, 0.15) is 5.69 Å². The number of hydrogen-bond donors (Lipinski definition) is 0. The summed E-state index contributed by atoms with van der Waals surface area (Å²) in [5, 5.41) is 0. The summed E-state index contributed by atoms with van der Waals surface area (Å²) in [5.41, 5.74) is 1.14. The third-order valence-electron chi connectivity index (χ3n) is 1.31. The van der Waals surface area contributed by atoms with Crippen molar-refractivity contribution in [2.24, 2.45) is 14.1 Å². The number of aryl methyl sites for hydroxylation is 2. The summed E-state index contributed by atoms with van der Waals surface area (Å²) in [7, 11) is 3.99. The van der Waals surface area contributed by atoms with Gasteiger partial charge in [-0.25, -0.2) is 9.13 Å². The molecule has 2 nitrogen and oxygen atoms in total. The molecular formula is C7H11N2+. The van der Waals surface area contributed by atoms with Gasteiger partial charge in [-0.2, -0.15) is 0 Å². The van der Waals surface area contributed by atoms with Crippen LogP contribution in [0.15, 0.2) is 19.1 Å². The van der Waals surface area contributed by atoms with Gasteiger partial charge in [0.05, 0.1) is 14.1 Å². The van der Waals surface area contributed by atoms with Crippen LogP contribution >= 0.6 is 0 Å². The molecule has 0 saturated heterocycles. The molecule has 1 aromatic heterocycles. The fourth-order valence-corrected chi connectivity index (χ4v) is 0.870. The van der Waals surface area contributed by atoms with Crippen LogP contribution in [0.25, 0.3) is 6.08 Å². The fourth-order valence-electron chi connectivity index (χ4n) is 0.870. The van der Waals surface area contributed by atoms with Crippen molar-refractivity contribution in [1.29, 1.82) is 0 Å². The van der Waals surface area contributed by atoms with Gasteiger partial charge in [0.25, 0.3) is 0 Å². The molecule has 0 saturated carbocycles. The van der Waals surface area contributed by atoms with Gasteiger partial charge in [0.15, 0.2) is 5.69 Å². The molecule has 0 spiro atoms. The Morgan fingerprint density at radius 3 is 2.67 bits per heavy atom. The molecule has 0 aliphatic carbocycles. The molecule has 0 amide bonds. The summed E-state index contributed by atoms with van der Waals surface area (Å²) in [6, 6.07) is 0. The van der Waals surface area contributed by atoms with Crippen molar-refractivity contribution in [3.8, 4) is 0 Å². The fraction of sp³-hybridized carbons (Fsp3) is 0.286. The van der Waals surface area contributed by atoms with E-state index in [4.69, 9.17) is 0 Å². The van der Waals surface area contributed by atoms with Crippen molar-refractivity contribution in [2.75, 3.05) is 0 Å². The van der Waals surface area contributed by atoms with E-state index in [1.165, 1.54) is 0 Å². The summed E-state index contributed by atoms with van der Waals surface area (Å²) in [6.45, 7) is 3.67. The Labute approximate surface area is 55.1 Å². The Kier molecular flexibility index (Phi) is 1.39. The number of hydrogen-bond acceptors (Lipinski definition) is 0. The predicted octanol–water partition coefficient (Wildman–Crippen LogP) is 0.493. The lowest BCUT2D eigenvalue weighted by molar-refractivity contribution is -0.671. The molecule has 0 aromatic carbocycles. The van der Waals surface area contributed by atoms with Gasteiger partial charge in [0.2, 0.25) is 6.33 Å². The molecule has 1 heterocycles. The van der Waals surface area contributed by atoms with Crippen LogP contribution in [-0.4, -0.2) is 4.57 Å². The van der Waals surface area contributed by atoms with Gasteiger partial charge in [-0.05, 0) is 6.08 Å². The molecule has 0 N–H and O–H groups in total. The Balaban J connectivity index is 3.15. The third kappa shape index (κ3) is 1.02. The molecule has 9 heavy (non-hydrogen) atoms. The third-order valence-corrected chi connectivity index (χ3v) is 1.31. The van der Waals surface area contributed by atoms with Gasteiger partial charge in [0, 0.05) is 0 Å². The minimum atomic E-state index is 1.14. The van der Waals surface area contributed by atoms with Gasteiger partial charge >= 0.3 is 0 Å². The average molecular weight is 123 g/mol. The second-order valence-electron chi connectivity index (χ2n) is 2.15. The highest BCUT2D eigenvalue weighted by atomic mass is 15.1. The van der Waals surface area contributed by atoms with Crippen LogP contribution in [-0.2, 0) is 14.1 Å². The van der Waals surface area contributed by atoms with E-state index in [2.05, 4.69) is 6.58 Å². The lowest BCUT2D eigenvalue weighted by Gasteiger charge is -1.80. The molecule has 1 aromatic rings. The normalized spacial score (nSPS) is 9.56. The average Bonchev–Trinajstić information content (AvgIpc) is 2.10. The van der Waals surface area contributed by atoms with Gasteiger partial charge in [-0.3, -0.25) is 0 Å². The molecule has 0 atom stereocenters. The first-order valence-corrected chi connectivity index (χ1v) is 2.88. The first-order chi connectivity index (χ1) is 4.24. The lowest BCUT2D eigenvalue weighted by Crippen LogP contribution is -2.23. The van der Waals surface area contributed by atoms with Crippen molar-refractivity contribution >= 4 is 6.08 Å². The zero-order valence-electron chi connectivity index (χ0n) is 5.83. The van der Waals surface area contributed by atoms with Crippen molar-refractivity contribution in [3.63, 3.8) is 0 Å². The Bertz CT molecular complexity index is 223. The van der Waals surface area contributed by atoms with E-state index in [1.807, 2.05) is 41.8 Å². The number of nitrogens with zero attached hydrogens (tertiary/aromatic N) is 2. The maximum absolute atomic E-state index is 3.67. The topological polar surface area (TPSA) is 8.81 Å². The van der Waals surface area contributed by atoms with E-state index in [0.717, 1.165) is 5.69 Å². The molecule has 0 bridgehead atoms. The molecule has 0 aliphatic rings. The number of rotatable bonds is 1. The molecule has 0 aliphatic heterocycles. The molecule has 0 unspecified atom stereocenters. The van der Waals surface area contributed by atoms with Crippen LogP contribution in [0, 0.1) is 0 Å². The second kappa shape index (κ2) is 2.05. The van der Waals surface area contributed by atoms with E-state index in [1.54, 1.807) is 0 Å². The largest absolute Gasteiger partial charge is 0.243 e. The maximum atomic E-state index is 3.67. The van der Waals surface area contributed by atoms with Crippen LogP contribution in [0.5, 0.6) is 0 Å². The summed E-state index contributed by atoms with van der Waals surface area (Å²) < 4.78 is 4.02. The molecular weight excluding hydrogens is 112 g/mol. The lowest BCUT2D eigenvalue weighted by atomic mass is 10.5. The van der Waals surface area contributed by atoms with E-state index in [0.29, 0.717) is 0 Å². The van der Waals surface area contributed by atoms with Gasteiger partial charge in [0.1, 0.15) is 6.20 Å². The first-order valence-electron chi connectivity index (χ1n) is 2.88. The molecule has 1 rings (SSSR count). The molecule has 0 radical (unpaired) electrons. The van der Waals surface area contributed by atoms with Gasteiger partial charge < -0.3 is 0 Å². The standard InChI is InChI=1S/C7H11N2/c1-4-7-5-8(2)6-9(7)3/h4-6H,1H2,2-3H3/q+1. The van der Waals surface area contributed by atoms with Crippen LogP contribution < -0.4 is 4.57 Å². The monoisotopic (exact) mass is 123 g/mol. The molecule has 48 valence electrons. The Morgan fingerprint density at radius 1 is 1.78 bits per heavy atom. The number of imidazole rings is 1. The van der Waals surface area contributed by atoms with Crippen molar-refractivity contribution in [1.82, 2.24) is 4.57 Å². The summed E-state index contributed by atoms with van der Waals surface area (Å²) >= 11 is 0. The molecule has 2 heteroatoms. The Hall–Kier alpha value is -1.05. The van der Waals surface area contributed by atoms with Gasteiger partial charge in [-0.1, -0.05) is 6.58 Å². The summed E-state index contributed by atoms with van der Waals surface area (Å²) in [5.74, 6) is 0. The first kappa shape index (κ1) is 6.08. The SMILES string of the molecule is C=Cc1c[n+](C)cn1C. The van der Waals surface area contributed by atoms with E-state index < -0.39 is 0 Å². The van der Waals surface area contributed by atoms with Crippen LogP contribution in [0.4, 0.5) is 0 Å². The number of aromatic nitrogens is 2. The van der Waals surface area contributed by atoms with Gasteiger partial charge in [-0.15, -0.1) is 0 Å². The second-order valence-corrected chi connectivity index (χ2v) is 2.15. The van der Waals surface area contributed by atoms with Crippen LogP contribution in [0.3, 0.4) is 0 Å². The van der Waals surface area contributed by atoms with Crippen molar-refractivity contribution in [3.05, 3.63) is 24.8 Å². The highest BCUT2D eigenvalue weighted by Crippen LogP contribution is 1.93. The predicted molar refractivity (Wildman–Crippen MR) is 36.7 cm³/mol. The van der Waals surface area contributed by atoms with E-state index >= 15 is 0 Å². The smallest absolute Gasteiger partial charge is 0.239 e. The van der Waals surface area contributed by atoms with E-state index in [9.17, 15) is 0 Å². The van der Waals surface area contributed by atoms with Crippen molar-refractivity contribution in [2.45, 2.75) is 0 Å². The highest BCUT2D eigenvalue weighted by Gasteiger charge is 2.00. The zero-order valence-corrected chi connectivity index (χ0v) is 5.83. The summed E-state index contributed by atoms with van der Waals surface area (Å²) in [4.78, 5) is 0.